The summed E-state index contributed by atoms with van der Waals surface area (Å²) in [7, 11) is -0.478. The van der Waals surface area contributed by atoms with Crippen LogP contribution < -0.4 is 29.6 Å². The van der Waals surface area contributed by atoms with Crippen LogP contribution >= 0.6 is 0 Å². The number of rotatable bonds is 1. The van der Waals surface area contributed by atoms with Gasteiger partial charge in [-0.05, 0) is 15.6 Å². The van der Waals surface area contributed by atoms with Crippen LogP contribution in [0.2, 0.25) is 0 Å². The van der Waals surface area contributed by atoms with Crippen LogP contribution in [0.15, 0.2) is 17.3 Å². The number of hydrogen-bond acceptors (Lipinski definition) is 4. The maximum atomic E-state index is 10.2. The van der Waals surface area contributed by atoms with Crippen molar-refractivity contribution in [2.45, 2.75) is 4.90 Å². The molecule has 50 valence electrons. The van der Waals surface area contributed by atoms with Gasteiger partial charge in [-0.15, -0.1) is 0 Å². The monoisotopic (exact) mass is 168 g/mol. The number of nitrogens with zero attached hydrogens (tertiary/aromatic N) is 2. The molecule has 1 heterocycles. The average Bonchev–Trinajstić information content (AvgIpc) is 2.14. The summed E-state index contributed by atoms with van der Waals surface area (Å²) in [6.07, 6.45) is 2.73. The molecule has 0 fully saturated rings. The minimum atomic E-state index is -2.14. The predicted molar refractivity (Wildman–Crippen MR) is 30.2 cm³/mol. The van der Waals surface area contributed by atoms with Gasteiger partial charge < -0.3 is 8.42 Å². The zero-order chi connectivity index (χ0) is 6.85. The predicted octanol–water partition coefficient (Wildman–Crippen LogP) is -2.91. The Hall–Kier alpha value is 0.160. The molecule has 10 heavy (non-hydrogen) atoms. The van der Waals surface area contributed by atoms with Gasteiger partial charge in [0.1, 0.15) is 0 Å². The average molecular weight is 168 g/mol. The van der Waals surface area contributed by atoms with E-state index in [-0.39, 0.29) is 34.5 Å². The van der Waals surface area contributed by atoms with Crippen molar-refractivity contribution >= 4 is 10.7 Å². The van der Waals surface area contributed by atoms with Crippen LogP contribution in [0.4, 0.5) is 0 Å². The second kappa shape index (κ2) is 4.12. The van der Waals surface area contributed by atoms with Gasteiger partial charge in [0, 0.05) is 19.4 Å². The largest absolute Gasteiger partial charge is 1.00 e. The molecule has 6 heteroatoms. The van der Waals surface area contributed by atoms with E-state index in [1.54, 1.807) is 7.05 Å². The third kappa shape index (κ3) is 2.42. The van der Waals surface area contributed by atoms with E-state index in [9.17, 15) is 8.42 Å². The smallest absolute Gasteiger partial charge is 0.420 e. The van der Waals surface area contributed by atoms with Crippen molar-refractivity contribution in [1.82, 2.24) is 9.78 Å². The number of hydrogen-bond donors (Lipinski definition) is 0. The van der Waals surface area contributed by atoms with Gasteiger partial charge in [0.15, 0.2) is 0 Å². The normalized spacial score (nSPS) is 9.40. The van der Waals surface area contributed by atoms with Crippen molar-refractivity contribution in [3.63, 3.8) is 0 Å². The first kappa shape index (κ1) is 10.2. The summed E-state index contributed by atoms with van der Waals surface area (Å²) >= 11 is 0. The Balaban J connectivity index is 0.000000810. The van der Waals surface area contributed by atoms with E-state index in [2.05, 4.69) is 5.10 Å². The van der Waals surface area contributed by atoms with Gasteiger partial charge >= 0.3 is 29.6 Å². The first-order chi connectivity index (χ1) is 4.20. The number of aryl methyl sites for hydroxylation is 1. The molecule has 1 aromatic heterocycles. The van der Waals surface area contributed by atoms with E-state index in [4.69, 9.17) is 0 Å². The Kier molecular flexibility index (Phi) is 4.19. The third-order valence-electron chi connectivity index (χ3n) is 0.874. The molecule has 0 aliphatic heterocycles. The maximum absolute atomic E-state index is 10.2. The van der Waals surface area contributed by atoms with Crippen molar-refractivity contribution in [3.8, 4) is 0 Å². The van der Waals surface area contributed by atoms with E-state index in [1.807, 2.05) is 0 Å². The molecule has 0 aromatic carbocycles. The molecular weight excluding hydrogens is 163 g/mol. The topological polar surface area (TPSA) is 52.0 Å². The van der Waals surface area contributed by atoms with Gasteiger partial charge in [0.05, 0.1) is 0 Å². The van der Waals surface area contributed by atoms with Crippen molar-refractivity contribution in [2.75, 3.05) is 0 Å². The zero-order valence-electron chi connectivity index (χ0n) is 5.77. The molecule has 0 amide bonds. The van der Waals surface area contributed by atoms with E-state index in [1.165, 1.54) is 17.1 Å². The molecule has 1 rings (SSSR count). The first-order valence-corrected chi connectivity index (χ1v) is 3.35. The summed E-state index contributed by atoms with van der Waals surface area (Å²) in [6, 6.07) is 0. The fraction of sp³-hybridized carbons (Fsp3) is 0.250. The Morgan fingerprint density at radius 2 is 2.20 bits per heavy atom. The molecule has 0 saturated heterocycles. The molecular formula is C4H5N2NaO2S. The van der Waals surface area contributed by atoms with Gasteiger partial charge in [-0.25, -0.2) is 0 Å². The van der Waals surface area contributed by atoms with Crippen LogP contribution in [0.5, 0.6) is 0 Å². The molecule has 4 nitrogen and oxygen atoms in total. The SMILES string of the molecule is Cn1cc([S-](=O)=O)cn1.[Na+]. The molecule has 0 aliphatic rings. The molecule has 0 spiro atoms. The molecule has 0 N–H and O–H groups in total. The second-order valence-electron chi connectivity index (χ2n) is 1.58. The van der Waals surface area contributed by atoms with Crippen molar-refractivity contribution in [2.24, 2.45) is 7.05 Å². The number of aromatic nitrogens is 2. The van der Waals surface area contributed by atoms with Crippen molar-refractivity contribution < 1.29 is 38.0 Å². The van der Waals surface area contributed by atoms with Crippen LogP contribution in [0.25, 0.3) is 0 Å². The van der Waals surface area contributed by atoms with E-state index < -0.39 is 10.7 Å². The summed E-state index contributed by atoms with van der Waals surface area (Å²) in [5.74, 6) is 0. The Morgan fingerprint density at radius 3 is 2.40 bits per heavy atom. The minimum Gasteiger partial charge on any atom is -0.420 e. The Labute approximate surface area is 82.5 Å². The summed E-state index contributed by atoms with van der Waals surface area (Å²) in [6.45, 7) is 0. The van der Waals surface area contributed by atoms with Gasteiger partial charge in [0.25, 0.3) is 0 Å². The summed E-state index contributed by atoms with van der Waals surface area (Å²) < 4.78 is 21.8. The van der Waals surface area contributed by atoms with Crippen LogP contribution in [-0.4, -0.2) is 9.78 Å². The van der Waals surface area contributed by atoms with Crippen molar-refractivity contribution in [3.05, 3.63) is 12.4 Å². The van der Waals surface area contributed by atoms with Crippen LogP contribution in [0.1, 0.15) is 0 Å². The Morgan fingerprint density at radius 1 is 1.60 bits per heavy atom. The van der Waals surface area contributed by atoms with Gasteiger partial charge in [-0.1, -0.05) is 0 Å². The maximum Gasteiger partial charge on any atom is 1.00 e. The molecule has 0 saturated carbocycles. The molecule has 1 aromatic rings. The quantitative estimate of drug-likeness (QED) is 0.334. The van der Waals surface area contributed by atoms with Crippen LogP contribution in [0.3, 0.4) is 0 Å². The first-order valence-electron chi connectivity index (χ1n) is 2.28. The molecule has 0 aliphatic carbocycles. The Bertz CT molecular complexity index is 273. The zero-order valence-corrected chi connectivity index (χ0v) is 8.59. The van der Waals surface area contributed by atoms with Crippen LogP contribution in [-0.2, 0) is 26.2 Å². The van der Waals surface area contributed by atoms with E-state index in [0.29, 0.717) is 0 Å². The molecule has 0 unspecified atom stereocenters. The van der Waals surface area contributed by atoms with Gasteiger partial charge in [0.2, 0.25) is 0 Å². The third-order valence-corrected chi connectivity index (χ3v) is 1.47. The summed E-state index contributed by atoms with van der Waals surface area (Å²) in [5, 5.41) is 3.66. The van der Waals surface area contributed by atoms with Gasteiger partial charge in [-0.2, -0.15) is 5.10 Å². The molecule has 0 radical (unpaired) electrons. The van der Waals surface area contributed by atoms with E-state index in [0.717, 1.165) is 0 Å². The summed E-state index contributed by atoms with van der Waals surface area (Å²) in [4.78, 5) is 0.220. The molecule has 0 atom stereocenters. The van der Waals surface area contributed by atoms with Crippen molar-refractivity contribution in [1.29, 1.82) is 0 Å². The second-order valence-corrected chi connectivity index (χ2v) is 2.53. The van der Waals surface area contributed by atoms with E-state index >= 15 is 0 Å². The standard InChI is InChI=1S/C4H5N2O2S.Na/c1-6-3-4(2-5-6)9(7)8;/h2-3H,1H3;/q-1;+1. The fourth-order valence-electron chi connectivity index (χ4n) is 0.485. The minimum absolute atomic E-state index is 0. The fourth-order valence-corrected chi connectivity index (χ4v) is 0.857. The summed E-state index contributed by atoms with van der Waals surface area (Å²) in [5.41, 5.74) is 0. The van der Waals surface area contributed by atoms with Gasteiger partial charge in [-0.3, -0.25) is 4.68 Å². The van der Waals surface area contributed by atoms with Crippen LogP contribution in [0, 0.1) is 0 Å². The molecule has 0 bridgehead atoms.